The van der Waals surface area contributed by atoms with Gasteiger partial charge in [-0.1, -0.05) is 91.0 Å². The SMILES string of the molecule is COc1ccc(C(OC[C@H]2O[C@@H](n3cnc4c(=O)[nH]c(NC(=O)COc5ccccc5)nc43)C(O)C2OC(=O)Nc2ccccc2)(c2ccccc2)c2ccc(OC)cc2)cc1. The van der Waals surface area contributed by atoms with E-state index < -0.39 is 47.7 Å². The van der Waals surface area contributed by atoms with E-state index in [-0.39, 0.29) is 30.3 Å². The van der Waals surface area contributed by atoms with Crippen LogP contribution >= 0.6 is 0 Å². The minimum absolute atomic E-state index is 0.0266. The summed E-state index contributed by atoms with van der Waals surface area (Å²) in [6.45, 7) is -0.605. The molecule has 0 radical (unpaired) electrons. The van der Waals surface area contributed by atoms with Crippen LogP contribution in [-0.4, -0.2) is 82.4 Å². The van der Waals surface area contributed by atoms with Crippen molar-refractivity contribution in [3.63, 3.8) is 0 Å². The number of ether oxygens (including phenoxy) is 6. The van der Waals surface area contributed by atoms with Gasteiger partial charge in [0.25, 0.3) is 11.5 Å². The zero-order valence-corrected chi connectivity index (χ0v) is 33.5. The normalized spacial score (nSPS) is 17.3. The maximum Gasteiger partial charge on any atom is 0.412 e. The standard InChI is InChI=1S/C46H42N6O10/c1-57-33-22-18-30(19-23-33)46(29-12-6-3-7-13-29,31-20-24-34(58-2)25-21-31)60-26-36-40(62-45(56)48-32-14-8-4-9-15-32)39(54)43(61-36)52-28-47-38-41(52)50-44(51-42(38)55)49-37(53)27-59-35-16-10-5-11-17-35/h3-25,28,36,39-40,43,54H,26-27H2,1-2H3,(H,48,56)(H2,49,50,51,53,55)/t36-,39?,40?,43-/m1/s1. The number of rotatable bonds is 15. The number of H-pyrrole nitrogens is 1. The fourth-order valence-corrected chi connectivity index (χ4v) is 7.31. The Kier molecular flexibility index (Phi) is 12.2. The summed E-state index contributed by atoms with van der Waals surface area (Å²) in [6.07, 6.45) is -4.90. The van der Waals surface area contributed by atoms with Crippen molar-refractivity contribution < 1.29 is 43.1 Å². The van der Waals surface area contributed by atoms with Crippen molar-refractivity contribution in [2.24, 2.45) is 0 Å². The molecule has 0 bridgehead atoms. The molecule has 0 spiro atoms. The molecule has 5 aromatic carbocycles. The first-order valence-corrected chi connectivity index (χ1v) is 19.5. The Labute approximate surface area is 355 Å². The third-order valence-electron chi connectivity index (χ3n) is 10.3. The maximum absolute atomic E-state index is 13.5. The molecule has 1 saturated heterocycles. The molecule has 7 aromatic rings. The molecule has 2 unspecified atom stereocenters. The monoisotopic (exact) mass is 838 g/mol. The molecule has 1 aliphatic heterocycles. The Bertz CT molecular complexity index is 2610. The summed E-state index contributed by atoms with van der Waals surface area (Å²) in [4.78, 5) is 50.8. The summed E-state index contributed by atoms with van der Waals surface area (Å²) in [5, 5.41) is 17.3. The van der Waals surface area contributed by atoms with Crippen molar-refractivity contribution in [2.45, 2.75) is 30.1 Å². The van der Waals surface area contributed by atoms with E-state index in [0.29, 0.717) is 22.9 Å². The van der Waals surface area contributed by atoms with Gasteiger partial charge < -0.3 is 33.5 Å². The molecule has 0 saturated carbocycles. The van der Waals surface area contributed by atoms with E-state index in [1.807, 2.05) is 84.9 Å². The molecule has 62 heavy (non-hydrogen) atoms. The molecule has 1 aliphatic rings. The zero-order valence-electron chi connectivity index (χ0n) is 33.5. The van der Waals surface area contributed by atoms with Gasteiger partial charge in [-0.05, 0) is 65.2 Å². The van der Waals surface area contributed by atoms with Gasteiger partial charge in [0.1, 0.15) is 35.1 Å². The Morgan fingerprint density at radius 1 is 0.774 bits per heavy atom. The molecular formula is C46H42N6O10. The average molecular weight is 839 g/mol. The largest absolute Gasteiger partial charge is 0.497 e. The Balaban J connectivity index is 1.14. The highest BCUT2D eigenvalue weighted by atomic mass is 16.6. The summed E-state index contributed by atoms with van der Waals surface area (Å²) in [5.41, 5.74) is 0.608. The first-order chi connectivity index (χ1) is 30.2. The number of benzene rings is 5. The van der Waals surface area contributed by atoms with E-state index in [9.17, 15) is 19.5 Å². The van der Waals surface area contributed by atoms with Gasteiger partial charge in [0.05, 0.1) is 27.2 Å². The van der Waals surface area contributed by atoms with Crippen molar-refractivity contribution >= 4 is 34.8 Å². The third-order valence-corrected chi connectivity index (χ3v) is 10.3. The number of aliphatic hydroxyl groups is 1. The van der Waals surface area contributed by atoms with E-state index in [4.69, 9.17) is 28.4 Å². The fraction of sp³-hybridized carbons (Fsp3) is 0.196. The number of imidazole rings is 1. The Morgan fingerprint density at radius 2 is 1.35 bits per heavy atom. The second kappa shape index (κ2) is 18.4. The topological polar surface area (TPSA) is 197 Å². The van der Waals surface area contributed by atoms with Crippen molar-refractivity contribution in [1.82, 2.24) is 19.5 Å². The van der Waals surface area contributed by atoms with Gasteiger partial charge in [0.2, 0.25) is 5.95 Å². The molecule has 2 aromatic heterocycles. The van der Waals surface area contributed by atoms with Gasteiger partial charge in [0, 0.05) is 5.69 Å². The highest BCUT2D eigenvalue weighted by molar-refractivity contribution is 5.90. The van der Waals surface area contributed by atoms with E-state index in [1.165, 1.54) is 10.9 Å². The van der Waals surface area contributed by atoms with Crippen LogP contribution in [0, 0.1) is 0 Å². The number of aromatic amines is 1. The number of hydrogen-bond donors (Lipinski definition) is 4. The lowest BCUT2D eigenvalue weighted by Gasteiger charge is -2.37. The van der Waals surface area contributed by atoms with Crippen LogP contribution in [-0.2, 0) is 24.6 Å². The van der Waals surface area contributed by atoms with Crippen LogP contribution in [0.5, 0.6) is 17.2 Å². The number of para-hydroxylation sites is 2. The molecule has 3 heterocycles. The quantitative estimate of drug-likeness (QED) is 0.0876. The second-order valence-electron chi connectivity index (χ2n) is 14.1. The molecule has 4 N–H and O–H groups in total. The number of nitrogens with one attached hydrogen (secondary N) is 3. The highest BCUT2D eigenvalue weighted by Crippen LogP contribution is 2.43. The number of hydrogen-bond acceptors (Lipinski definition) is 12. The minimum atomic E-state index is -1.55. The smallest absolute Gasteiger partial charge is 0.412 e. The molecule has 316 valence electrons. The fourth-order valence-electron chi connectivity index (χ4n) is 7.31. The van der Waals surface area contributed by atoms with E-state index >= 15 is 0 Å². The number of amides is 2. The molecule has 16 nitrogen and oxygen atoms in total. The number of aliphatic hydroxyl groups excluding tert-OH is 1. The molecule has 4 atom stereocenters. The van der Waals surface area contributed by atoms with Gasteiger partial charge in [-0.25, -0.2) is 9.78 Å². The highest BCUT2D eigenvalue weighted by Gasteiger charge is 2.50. The van der Waals surface area contributed by atoms with Crippen LogP contribution in [0.1, 0.15) is 22.9 Å². The summed E-state index contributed by atoms with van der Waals surface area (Å²) < 4.78 is 37.5. The van der Waals surface area contributed by atoms with Crippen LogP contribution < -0.4 is 30.4 Å². The summed E-state index contributed by atoms with van der Waals surface area (Å²) >= 11 is 0. The van der Waals surface area contributed by atoms with E-state index in [1.54, 1.807) is 68.8 Å². The first-order valence-electron chi connectivity index (χ1n) is 19.5. The predicted molar refractivity (Wildman–Crippen MR) is 227 cm³/mol. The number of methoxy groups -OCH3 is 2. The van der Waals surface area contributed by atoms with Gasteiger partial charge in [-0.15, -0.1) is 0 Å². The van der Waals surface area contributed by atoms with Gasteiger partial charge >= 0.3 is 6.09 Å². The predicted octanol–water partition coefficient (Wildman–Crippen LogP) is 6.04. The molecule has 0 aliphatic carbocycles. The number of carbonyl (C=O) groups excluding carboxylic acids is 2. The van der Waals surface area contributed by atoms with Gasteiger partial charge in [-0.2, -0.15) is 4.98 Å². The van der Waals surface area contributed by atoms with Crippen molar-refractivity contribution in [3.05, 3.63) is 173 Å². The zero-order chi connectivity index (χ0) is 43.1. The van der Waals surface area contributed by atoms with E-state index in [0.717, 1.165) is 16.7 Å². The first kappa shape index (κ1) is 41.2. The molecule has 1 fully saturated rings. The number of nitrogens with zero attached hydrogens (tertiary/aromatic N) is 3. The lowest BCUT2D eigenvalue weighted by atomic mass is 9.80. The van der Waals surface area contributed by atoms with Crippen LogP contribution in [0.4, 0.5) is 16.4 Å². The summed E-state index contributed by atoms with van der Waals surface area (Å²) in [7, 11) is 3.17. The van der Waals surface area contributed by atoms with Crippen LogP contribution in [0.25, 0.3) is 11.2 Å². The summed E-state index contributed by atoms with van der Waals surface area (Å²) in [6, 6.07) is 41.9. The molecule has 16 heteroatoms. The van der Waals surface area contributed by atoms with E-state index in [2.05, 4.69) is 25.6 Å². The van der Waals surface area contributed by atoms with Gasteiger partial charge in [-0.3, -0.25) is 29.8 Å². The second-order valence-corrected chi connectivity index (χ2v) is 14.1. The number of aromatic nitrogens is 4. The van der Waals surface area contributed by atoms with Gasteiger partial charge in [0.15, 0.2) is 30.1 Å². The lowest BCUT2D eigenvalue weighted by molar-refractivity contribution is -0.118. The van der Waals surface area contributed by atoms with Crippen LogP contribution in [0.3, 0.4) is 0 Å². The third kappa shape index (κ3) is 8.69. The maximum atomic E-state index is 13.5. The minimum Gasteiger partial charge on any atom is -0.497 e. The van der Waals surface area contributed by atoms with Crippen LogP contribution in [0.2, 0.25) is 0 Å². The molecule has 2 amide bonds. The van der Waals surface area contributed by atoms with Crippen molar-refractivity contribution in [3.8, 4) is 17.2 Å². The Morgan fingerprint density at radius 3 is 1.97 bits per heavy atom. The Hall–Kier alpha value is -7.53. The number of fused-ring (bicyclic) bond motifs is 1. The number of anilines is 2. The van der Waals surface area contributed by atoms with Crippen molar-refractivity contribution in [2.75, 3.05) is 38.1 Å². The van der Waals surface area contributed by atoms with Crippen LogP contribution in [0.15, 0.2) is 151 Å². The number of carbonyl (C=O) groups is 2. The molecular weight excluding hydrogens is 797 g/mol. The summed E-state index contributed by atoms with van der Waals surface area (Å²) in [5.74, 6) is 0.963. The average Bonchev–Trinajstić information content (AvgIpc) is 3.87. The molecule has 8 rings (SSSR count). The lowest BCUT2D eigenvalue weighted by Crippen LogP contribution is -2.42. The van der Waals surface area contributed by atoms with Crippen molar-refractivity contribution in [1.29, 1.82) is 0 Å².